The number of hydrogen-bond acceptors (Lipinski definition) is 2. The number of carbonyl (C=O) groups is 1. The first-order chi connectivity index (χ1) is 9.58. The molecule has 1 saturated carbocycles. The molecule has 110 valence electrons. The number of benzene rings is 1. The normalized spacial score (nSPS) is 26.2. The molecule has 2 rings (SSSR count). The van der Waals surface area contributed by atoms with Gasteiger partial charge in [0.1, 0.15) is 0 Å². The molecule has 20 heavy (non-hydrogen) atoms. The van der Waals surface area contributed by atoms with Gasteiger partial charge in [0.05, 0.1) is 5.54 Å². The summed E-state index contributed by atoms with van der Waals surface area (Å²) >= 11 is 0. The molecule has 3 N–H and O–H groups in total. The van der Waals surface area contributed by atoms with E-state index >= 15 is 0 Å². The van der Waals surface area contributed by atoms with E-state index in [4.69, 9.17) is 5.73 Å². The summed E-state index contributed by atoms with van der Waals surface area (Å²) in [6, 6.07) is 7.86. The van der Waals surface area contributed by atoms with Crippen LogP contribution in [-0.4, -0.2) is 18.0 Å². The largest absolute Gasteiger partial charge is 0.345 e. The molecule has 3 heteroatoms. The van der Waals surface area contributed by atoms with Gasteiger partial charge in [-0.25, -0.2) is 0 Å². The molecule has 0 saturated heterocycles. The predicted octanol–water partition coefficient (Wildman–Crippen LogP) is 2.89. The fourth-order valence-corrected chi connectivity index (χ4v) is 3.21. The number of carbonyl (C=O) groups excluding carboxylic acids is 1. The fraction of sp³-hybridized carbons (Fsp3) is 0.588. The third kappa shape index (κ3) is 3.40. The Labute approximate surface area is 121 Å². The van der Waals surface area contributed by atoms with Crippen molar-refractivity contribution in [1.82, 2.24) is 5.32 Å². The van der Waals surface area contributed by atoms with Gasteiger partial charge in [-0.1, -0.05) is 38.8 Å². The van der Waals surface area contributed by atoms with Crippen molar-refractivity contribution in [1.29, 1.82) is 0 Å². The van der Waals surface area contributed by atoms with E-state index in [1.165, 1.54) is 12.0 Å². The van der Waals surface area contributed by atoms with Gasteiger partial charge < -0.3 is 11.1 Å². The van der Waals surface area contributed by atoms with Crippen LogP contribution in [0.25, 0.3) is 0 Å². The highest BCUT2D eigenvalue weighted by atomic mass is 16.1. The van der Waals surface area contributed by atoms with E-state index in [9.17, 15) is 4.79 Å². The second-order valence-corrected chi connectivity index (χ2v) is 6.19. The van der Waals surface area contributed by atoms with Crippen molar-refractivity contribution in [3.05, 3.63) is 35.4 Å². The molecule has 1 fully saturated rings. The summed E-state index contributed by atoms with van der Waals surface area (Å²) in [5, 5.41) is 3.20. The first kappa shape index (κ1) is 15.0. The lowest BCUT2D eigenvalue weighted by Crippen LogP contribution is -2.56. The molecular weight excluding hydrogens is 248 g/mol. The lowest BCUT2D eigenvalue weighted by molar-refractivity contribution is 0.0854. The van der Waals surface area contributed by atoms with Crippen molar-refractivity contribution in [2.24, 2.45) is 11.7 Å². The minimum Gasteiger partial charge on any atom is -0.345 e. The summed E-state index contributed by atoms with van der Waals surface area (Å²) < 4.78 is 0. The molecule has 0 aromatic heterocycles. The zero-order valence-electron chi connectivity index (χ0n) is 12.6. The number of rotatable bonds is 4. The predicted molar refractivity (Wildman–Crippen MR) is 82.7 cm³/mol. The molecule has 1 amide bonds. The number of aryl methyl sites for hydroxylation is 1. The Morgan fingerprint density at radius 2 is 2.10 bits per heavy atom. The van der Waals surface area contributed by atoms with Crippen molar-refractivity contribution in [2.75, 3.05) is 6.54 Å². The molecular formula is C17H26N2O. The van der Waals surface area contributed by atoms with Gasteiger partial charge in [-0.2, -0.15) is 0 Å². The summed E-state index contributed by atoms with van der Waals surface area (Å²) in [5.41, 5.74) is 7.73. The summed E-state index contributed by atoms with van der Waals surface area (Å²) in [6.45, 7) is 4.88. The fourth-order valence-electron chi connectivity index (χ4n) is 3.21. The van der Waals surface area contributed by atoms with E-state index in [0.717, 1.165) is 31.2 Å². The molecule has 3 nitrogen and oxygen atoms in total. The van der Waals surface area contributed by atoms with Crippen molar-refractivity contribution in [3.63, 3.8) is 0 Å². The van der Waals surface area contributed by atoms with Crippen LogP contribution in [-0.2, 0) is 6.42 Å². The number of hydrogen-bond donors (Lipinski definition) is 2. The number of nitrogens with two attached hydrogens (primary N) is 1. The van der Waals surface area contributed by atoms with Gasteiger partial charge in [-0.15, -0.1) is 0 Å². The minimum atomic E-state index is -0.210. The lowest BCUT2D eigenvalue weighted by Gasteiger charge is -2.40. The van der Waals surface area contributed by atoms with E-state index < -0.39 is 0 Å². The maximum absolute atomic E-state index is 12.4. The van der Waals surface area contributed by atoms with Crippen molar-refractivity contribution in [2.45, 2.75) is 51.5 Å². The van der Waals surface area contributed by atoms with Gasteiger partial charge in [0.25, 0.3) is 5.91 Å². The highest BCUT2D eigenvalue weighted by Gasteiger charge is 2.35. The summed E-state index contributed by atoms with van der Waals surface area (Å²) in [5.74, 6) is 0.641. The Kier molecular flexibility index (Phi) is 4.81. The van der Waals surface area contributed by atoms with Crippen molar-refractivity contribution < 1.29 is 4.79 Å². The Bertz CT molecular complexity index is 455. The molecule has 0 radical (unpaired) electrons. The maximum Gasteiger partial charge on any atom is 0.251 e. The second kappa shape index (κ2) is 6.40. The average molecular weight is 274 g/mol. The minimum absolute atomic E-state index is 0.00667. The van der Waals surface area contributed by atoms with Gasteiger partial charge >= 0.3 is 0 Å². The first-order valence-corrected chi connectivity index (χ1v) is 7.70. The van der Waals surface area contributed by atoms with E-state index in [1.54, 1.807) is 0 Å². The van der Waals surface area contributed by atoms with Gasteiger partial charge in [-0.05, 0) is 42.9 Å². The zero-order valence-corrected chi connectivity index (χ0v) is 12.6. The molecule has 0 heterocycles. The monoisotopic (exact) mass is 274 g/mol. The second-order valence-electron chi connectivity index (χ2n) is 6.19. The van der Waals surface area contributed by atoms with Crippen LogP contribution in [0.15, 0.2) is 24.3 Å². The molecule has 2 unspecified atom stereocenters. The zero-order chi connectivity index (χ0) is 14.6. The van der Waals surface area contributed by atoms with Crippen LogP contribution in [0.5, 0.6) is 0 Å². The molecule has 1 aromatic rings. The van der Waals surface area contributed by atoms with Crippen LogP contribution in [0.4, 0.5) is 0 Å². The van der Waals surface area contributed by atoms with Crippen LogP contribution in [0.1, 0.15) is 55.5 Å². The van der Waals surface area contributed by atoms with Gasteiger partial charge in [-0.3, -0.25) is 4.79 Å². The number of amides is 1. The van der Waals surface area contributed by atoms with Gasteiger partial charge in [0, 0.05) is 12.1 Å². The van der Waals surface area contributed by atoms with Crippen LogP contribution in [0.2, 0.25) is 0 Å². The standard InChI is InChI=1S/C17H26N2O/c1-3-14-6-8-15(9-7-14)16(20)19-17(12-18)10-4-5-13(2)11-17/h6-9,13H,3-5,10-12,18H2,1-2H3,(H,19,20). The molecule has 1 aliphatic rings. The Balaban J connectivity index is 2.08. The first-order valence-electron chi connectivity index (χ1n) is 7.70. The Morgan fingerprint density at radius 3 is 2.65 bits per heavy atom. The van der Waals surface area contributed by atoms with Crippen LogP contribution in [0.3, 0.4) is 0 Å². The van der Waals surface area contributed by atoms with Crippen LogP contribution >= 0.6 is 0 Å². The van der Waals surface area contributed by atoms with E-state index in [2.05, 4.69) is 19.2 Å². The smallest absolute Gasteiger partial charge is 0.251 e. The molecule has 1 aromatic carbocycles. The maximum atomic E-state index is 12.4. The summed E-state index contributed by atoms with van der Waals surface area (Å²) in [7, 11) is 0. The van der Waals surface area contributed by atoms with Gasteiger partial charge in [0.2, 0.25) is 0 Å². The molecule has 2 atom stereocenters. The average Bonchev–Trinajstić information content (AvgIpc) is 2.47. The Hall–Kier alpha value is -1.35. The van der Waals surface area contributed by atoms with E-state index in [1.807, 2.05) is 24.3 Å². The summed E-state index contributed by atoms with van der Waals surface area (Å²) in [4.78, 5) is 12.4. The SMILES string of the molecule is CCc1ccc(C(=O)NC2(CN)CCCC(C)C2)cc1. The van der Waals surface area contributed by atoms with E-state index in [0.29, 0.717) is 12.5 Å². The summed E-state index contributed by atoms with van der Waals surface area (Å²) in [6.07, 6.45) is 5.36. The lowest BCUT2D eigenvalue weighted by atomic mass is 9.76. The third-order valence-electron chi connectivity index (χ3n) is 4.49. The van der Waals surface area contributed by atoms with Gasteiger partial charge in [0.15, 0.2) is 0 Å². The third-order valence-corrected chi connectivity index (χ3v) is 4.49. The highest BCUT2D eigenvalue weighted by Crippen LogP contribution is 2.31. The van der Waals surface area contributed by atoms with E-state index in [-0.39, 0.29) is 11.4 Å². The molecule has 0 aliphatic heterocycles. The quantitative estimate of drug-likeness (QED) is 0.887. The highest BCUT2D eigenvalue weighted by molar-refractivity contribution is 5.94. The molecule has 1 aliphatic carbocycles. The van der Waals surface area contributed by atoms with Crippen molar-refractivity contribution >= 4 is 5.91 Å². The molecule has 0 spiro atoms. The number of nitrogens with one attached hydrogen (secondary N) is 1. The Morgan fingerprint density at radius 1 is 1.40 bits per heavy atom. The van der Waals surface area contributed by atoms with Crippen LogP contribution < -0.4 is 11.1 Å². The molecule has 0 bridgehead atoms. The van der Waals surface area contributed by atoms with Crippen LogP contribution in [0, 0.1) is 5.92 Å². The topological polar surface area (TPSA) is 55.1 Å². The van der Waals surface area contributed by atoms with Crippen molar-refractivity contribution in [3.8, 4) is 0 Å².